The molecule has 2 aromatic rings. The lowest BCUT2D eigenvalue weighted by atomic mass is 10.2. The molecular formula is C12H9BrClNO4S2. The van der Waals surface area contributed by atoms with Crippen molar-refractivity contribution in [3.63, 3.8) is 0 Å². The molecule has 0 aliphatic carbocycles. The molecule has 0 aliphatic heterocycles. The summed E-state index contributed by atoms with van der Waals surface area (Å²) in [7, 11) is -3.76. The smallest absolute Gasteiger partial charge is 0.335 e. The van der Waals surface area contributed by atoms with Crippen molar-refractivity contribution in [3.8, 4) is 0 Å². The van der Waals surface area contributed by atoms with Crippen LogP contribution in [0.2, 0.25) is 4.34 Å². The van der Waals surface area contributed by atoms with Gasteiger partial charge in [0.2, 0.25) is 0 Å². The fraction of sp³-hybridized carbons (Fsp3) is 0.0833. The lowest BCUT2D eigenvalue weighted by Gasteiger charge is -2.08. The lowest BCUT2D eigenvalue weighted by molar-refractivity contribution is 0.0697. The quantitative estimate of drug-likeness (QED) is 0.799. The summed E-state index contributed by atoms with van der Waals surface area (Å²) in [5.41, 5.74) is 0.990. The van der Waals surface area contributed by atoms with Crippen molar-refractivity contribution in [2.45, 2.75) is 11.1 Å². The molecule has 0 radical (unpaired) electrons. The largest absolute Gasteiger partial charge is 0.478 e. The molecule has 0 amide bonds. The molecule has 0 aliphatic rings. The van der Waals surface area contributed by atoms with Crippen LogP contribution in [-0.2, 0) is 10.0 Å². The van der Waals surface area contributed by atoms with E-state index in [-0.39, 0.29) is 15.5 Å². The number of carboxylic acids is 1. The number of benzene rings is 1. The number of carbonyl (C=O) groups is 1. The maximum atomic E-state index is 12.2. The van der Waals surface area contributed by atoms with E-state index in [0.717, 1.165) is 11.3 Å². The molecule has 0 bridgehead atoms. The topological polar surface area (TPSA) is 83.5 Å². The van der Waals surface area contributed by atoms with Crippen molar-refractivity contribution in [1.29, 1.82) is 0 Å². The Morgan fingerprint density at radius 3 is 2.52 bits per heavy atom. The Morgan fingerprint density at radius 2 is 2.05 bits per heavy atom. The van der Waals surface area contributed by atoms with Crippen LogP contribution in [0.1, 0.15) is 15.9 Å². The SMILES string of the molecule is Cc1cc(S(=O)(=O)Nc2ccc(C(=O)O)cc2Br)sc1Cl. The van der Waals surface area contributed by atoms with Crippen molar-refractivity contribution in [2.75, 3.05) is 4.72 Å². The summed E-state index contributed by atoms with van der Waals surface area (Å²) in [6.07, 6.45) is 0. The number of rotatable bonds is 4. The Morgan fingerprint density at radius 1 is 1.38 bits per heavy atom. The van der Waals surface area contributed by atoms with Crippen molar-refractivity contribution in [2.24, 2.45) is 0 Å². The van der Waals surface area contributed by atoms with Gasteiger partial charge >= 0.3 is 5.97 Å². The van der Waals surface area contributed by atoms with E-state index in [2.05, 4.69) is 20.7 Å². The van der Waals surface area contributed by atoms with Crippen LogP contribution in [0.25, 0.3) is 0 Å². The molecule has 5 nitrogen and oxygen atoms in total. The van der Waals surface area contributed by atoms with Crippen LogP contribution in [0.5, 0.6) is 0 Å². The van der Waals surface area contributed by atoms with E-state index in [1.54, 1.807) is 6.92 Å². The van der Waals surface area contributed by atoms with Crippen LogP contribution < -0.4 is 4.72 Å². The molecule has 0 fully saturated rings. The number of anilines is 1. The van der Waals surface area contributed by atoms with Gasteiger partial charge in [-0.15, -0.1) is 11.3 Å². The summed E-state index contributed by atoms with van der Waals surface area (Å²) in [5.74, 6) is -1.09. The van der Waals surface area contributed by atoms with Gasteiger partial charge in [0.1, 0.15) is 4.21 Å². The Balaban J connectivity index is 2.35. The third kappa shape index (κ3) is 3.57. The molecule has 21 heavy (non-hydrogen) atoms. The molecule has 0 saturated heterocycles. The third-order valence-electron chi connectivity index (χ3n) is 2.56. The van der Waals surface area contributed by atoms with Gasteiger partial charge in [0.15, 0.2) is 0 Å². The first-order valence-electron chi connectivity index (χ1n) is 5.52. The Hall–Kier alpha value is -1.09. The highest BCUT2D eigenvalue weighted by Crippen LogP contribution is 2.32. The molecule has 112 valence electrons. The van der Waals surface area contributed by atoms with Gasteiger partial charge in [0.05, 0.1) is 15.6 Å². The minimum Gasteiger partial charge on any atom is -0.478 e. The fourth-order valence-corrected chi connectivity index (χ4v) is 4.89. The molecule has 0 saturated carbocycles. The number of hydrogen-bond donors (Lipinski definition) is 2. The molecule has 0 spiro atoms. The van der Waals surface area contributed by atoms with Crippen LogP contribution >= 0.6 is 38.9 Å². The lowest BCUT2D eigenvalue weighted by Crippen LogP contribution is -2.12. The minimum absolute atomic E-state index is 0.0554. The molecule has 2 rings (SSSR count). The summed E-state index contributed by atoms with van der Waals surface area (Å²) in [4.78, 5) is 10.8. The van der Waals surface area contributed by atoms with Gasteiger partial charge in [-0.3, -0.25) is 4.72 Å². The zero-order valence-electron chi connectivity index (χ0n) is 10.6. The van der Waals surface area contributed by atoms with Crippen LogP contribution in [0.3, 0.4) is 0 Å². The Labute approximate surface area is 138 Å². The monoisotopic (exact) mass is 409 g/mol. The van der Waals surface area contributed by atoms with E-state index in [0.29, 0.717) is 14.4 Å². The highest BCUT2D eigenvalue weighted by molar-refractivity contribution is 9.10. The van der Waals surface area contributed by atoms with E-state index in [1.807, 2.05) is 0 Å². The van der Waals surface area contributed by atoms with Crippen LogP contribution in [0.15, 0.2) is 32.9 Å². The Kier molecular flexibility index (Phi) is 4.62. The van der Waals surface area contributed by atoms with Gasteiger partial charge in [-0.05, 0) is 52.7 Å². The Bertz CT molecular complexity index is 797. The normalized spacial score (nSPS) is 11.4. The maximum Gasteiger partial charge on any atom is 0.335 e. The van der Waals surface area contributed by atoms with Crippen molar-refractivity contribution >= 4 is 60.5 Å². The molecule has 0 atom stereocenters. The predicted molar refractivity (Wildman–Crippen MR) is 86.0 cm³/mol. The molecule has 2 N–H and O–H groups in total. The first-order valence-corrected chi connectivity index (χ1v) is 8.99. The van der Waals surface area contributed by atoms with Crippen LogP contribution in [0.4, 0.5) is 5.69 Å². The second-order valence-corrected chi connectivity index (χ2v) is 8.55. The second-order valence-electron chi connectivity index (χ2n) is 4.13. The first-order chi connectivity index (χ1) is 9.70. The summed E-state index contributed by atoms with van der Waals surface area (Å²) in [6, 6.07) is 5.51. The number of aromatic carboxylic acids is 1. The third-order valence-corrected chi connectivity index (χ3v) is 6.61. The summed E-state index contributed by atoms with van der Waals surface area (Å²) in [6.45, 7) is 1.72. The van der Waals surface area contributed by atoms with Gasteiger partial charge in [-0.25, -0.2) is 13.2 Å². The van der Waals surface area contributed by atoms with Crippen molar-refractivity contribution in [1.82, 2.24) is 0 Å². The van der Waals surface area contributed by atoms with Gasteiger partial charge < -0.3 is 5.11 Å². The zero-order valence-corrected chi connectivity index (χ0v) is 14.5. The number of nitrogens with one attached hydrogen (secondary N) is 1. The molecular weight excluding hydrogens is 402 g/mol. The summed E-state index contributed by atoms with van der Waals surface area (Å²) < 4.78 is 27.7. The van der Waals surface area contributed by atoms with Gasteiger partial charge in [0, 0.05) is 4.47 Å². The summed E-state index contributed by atoms with van der Waals surface area (Å²) >= 11 is 9.98. The van der Waals surface area contributed by atoms with Gasteiger partial charge in [-0.1, -0.05) is 11.6 Å². The summed E-state index contributed by atoms with van der Waals surface area (Å²) in [5, 5.41) is 8.87. The number of carboxylic acid groups (broad SMARTS) is 1. The van der Waals surface area contributed by atoms with Crippen molar-refractivity contribution < 1.29 is 18.3 Å². The molecule has 1 heterocycles. The van der Waals surface area contributed by atoms with Gasteiger partial charge in [-0.2, -0.15) is 0 Å². The zero-order chi connectivity index (χ0) is 15.8. The number of hydrogen-bond acceptors (Lipinski definition) is 4. The van der Waals surface area contributed by atoms with Crippen LogP contribution in [-0.4, -0.2) is 19.5 Å². The van der Waals surface area contributed by atoms with E-state index in [9.17, 15) is 13.2 Å². The van der Waals surface area contributed by atoms with Crippen molar-refractivity contribution in [3.05, 3.63) is 44.2 Å². The highest BCUT2D eigenvalue weighted by atomic mass is 79.9. The molecule has 1 aromatic carbocycles. The number of aryl methyl sites for hydroxylation is 1. The maximum absolute atomic E-state index is 12.2. The second kappa shape index (κ2) is 5.96. The van der Waals surface area contributed by atoms with E-state index < -0.39 is 16.0 Å². The predicted octanol–water partition coefficient (Wildman–Crippen LogP) is 3.97. The van der Waals surface area contributed by atoms with Crippen LogP contribution in [0, 0.1) is 6.92 Å². The average Bonchev–Trinajstić information content (AvgIpc) is 2.72. The van der Waals surface area contributed by atoms with E-state index in [1.165, 1.54) is 24.3 Å². The van der Waals surface area contributed by atoms with E-state index >= 15 is 0 Å². The van der Waals surface area contributed by atoms with Gasteiger partial charge in [0.25, 0.3) is 10.0 Å². The number of thiophene rings is 1. The molecule has 0 unspecified atom stereocenters. The highest BCUT2D eigenvalue weighted by Gasteiger charge is 2.20. The van der Waals surface area contributed by atoms with E-state index in [4.69, 9.17) is 16.7 Å². The fourth-order valence-electron chi connectivity index (χ4n) is 1.49. The number of halogens is 2. The average molecular weight is 411 g/mol. The number of sulfonamides is 1. The molecule has 9 heteroatoms. The standard InChI is InChI=1S/C12H9BrClNO4S2/c1-6-4-10(20-11(6)14)21(18,19)15-9-3-2-7(12(16)17)5-8(9)13/h2-5,15H,1H3,(H,16,17). The minimum atomic E-state index is -3.76. The molecule has 1 aromatic heterocycles. The first kappa shape index (κ1) is 16.3.